The first-order chi connectivity index (χ1) is 11.2. The summed E-state index contributed by atoms with van der Waals surface area (Å²) in [7, 11) is 0. The van der Waals surface area contributed by atoms with Gasteiger partial charge in [0, 0.05) is 13.2 Å². The van der Waals surface area contributed by atoms with Crippen molar-refractivity contribution >= 4 is 0 Å². The summed E-state index contributed by atoms with van der Waals surface area (Å²) in [4.78, 5) is 0. The summed E-state index contributed by atoms with van der Waals surface area (Å²) in [6.07, 6.45) is 19.1. The summed E-state index contributed by atoms with van der Waals surface area (Å²) in [6.45, 7) is 7.38. The van der Waals surface area contributed by atoms with Gasteiger partial charge in [0.2, 0.25) is 0 Å². The van der Waals surface area contributed by atoms with Gasteiger partial charge in [-0.15, -0.1) is 0 Å². The smallest absolute Gasteiger partial charge is 0.177 e. The first-order valence-electron chi connectivity index (χ1n) is 9.17. The summed E-state index contributed by atoms with van der Waals surface area (Å²) in [5.41, 5.74) is 0. The Balaban J connectivity index is 3.80. The highest BCUT2D eigenvalue weighted by Gasteiger charge is 2.00. The fourth-order valence-electron chi connectivity index (χ4n) is 2.19. The minimum Gasteiger partial charge on any atom is -0.389 e. The Hall–Kier alpha value is -0.900. The first kappa shape index (κ1) is 22.1. The molecule has 0 saturated heterocycles. The van der Waals surface area contributed by atoms with Gasteiger partial charge in [-0.1, -0.05) is 75.8 Å². The maximum Gasteiger partial charge on any atom is 0.177 e. The Labute approximate surface area is 143 Å². The zero-order valence-electron chi connectivity index (χ0n) is 15.2. The zero-order chi connectivity index (χ0) is 17.2. The van der Waals surface area contributed by atoms with E-state index in [-0.39, 0.29) is 12.4 Å². The van der Waals surface area contributed by atoms with Crippen LogP contribution in [0, 0.1) is 0 Å². The second-order valence-electron chi connectivity index (χ2n) is 5.56. The largest absolute Gasteiger partial charge is 0.389 e. The molecule has 0 saturated carbocycles. The molecule has 1 atom stereocenters. The lowest BCUT2D eigenvalue weighted by atomic mass is 10.1. The molecule has 0 radical (unpaired) electrons. The van der Waals surface area contributed by atoms with Crippen molar-refractivity contribution in [1.29, 1.82) is 0 Å². The van der Waals surface area contributed by atoms with Crippen LogP contribution in [0.3, 0.4) is 0 Å². The molecule has 0 aromatic carbocycles. The highest BCUT2D eigenvalue weighted by Crippen LogP contribution is 2.09. The van der Waals surface area contributed by atoms with E-state index in [0.29, 0.717) is 13.2 Å². The number of unbranched alkanes of at least 4 members (excludes halogenated alkanes) is 5. The van der Waals surface area contributed by atoms with Crippen molar-refractivity contribution in [2.75, 3.05) is 13.2 Å². The van der Waals surface area contributed by atoms with Crippen LogP contribution in [-0.2, 0) is 9.47 Å². The predicted octanol–water partition coefficient (Wildman–Crippen LogP) is 5.17. The van der Waals surface area contributed by atoms with Gasteiger partial charge in [-0.25, -0.2) is 0 Å². The Bertz CT molecular complexity index is 315. The second kappa shape index (κ2) is 17.5. The molecule has 1 N–H and O–H groups in total. The van der Waals surface area contributed by atoms with E-state index in [4.69, 9.17) is 9.47 Å². The van der Waals surface area contributed by atoms with Crippen LogP contribution >= 0.6 is 0 Å². The summed E-state index contributed by atoms with van der Waals surface area (Å²) in [5.74, 6) is 0. The van der Waals surface area contributed by atoms with Crippen molar-refractivity contribution in [1.82, 2.24) is 0 Å². The van der Waals surface area contributed by atoms with E-state index in [1.54, 1.807) is 0 Å². The molecular formula is C20H36O3. The van der Waals surface area contributed by atoms with Crippen LogP contribution in [0.15, 0.2) is 36.5 Å². The van der Waals surface area contributed by atoms with E-state index in [2.05, 4.69) is 6.92 Å². The molecule has 0 fully saturated rings. The van der Waals surface area contributed by atoms with Gasteiger partial charge in [-0.2, -0.15) is 0 Å². The van der Waals surface area contributed by atoms with E-state index in [1.807, 2.05) is 50.3 Å². The van der Waals surface area contributed by atoms with Gasteiger partial charge in [0.15, 0.2) is 6.29 Å². The topological polar surface area (TPSA) is 38.7 Å². The molecule has 0 bridgehead atoms. The van der Waals surface area contributed by atoms with Crippen LogP contribution in [0.25, 0.3) is 0 Å². The summed E-state index contributed by atoms with van der Waals surface area (Å²) in [6, 6.07) is 0. The van der Waals surface area contributed by atoms with Gasteiger partial charge in [-0.05, 0) is 26.3 Å². The maximum atomic E-state index is 9.86. The highest BCUT2D eigenvalue weighted by atomic mass is 16.7. The lowest BCUT2D eigenvalue weighted by molar-refractivity contribution is -0.103. The molecule has 23 heavy (non-hydrogen) atoms. The highest BCUT2D eigenvalue weighted by molar-refractivity contribution is 5.12. The third-order valence-corrected chi connectivity index (χ3v) is 3.45. The van der Waals surface area contributed by atoms with E-state index < -0.39 is 0 Å². The Morgan fingerprint density at radius 2 is 1.30 bits per heavy atom. The van der Waals surface area contributed by atoms with E-state index in [9.17, 15) is 5.11 Å². The van der Waals surface area contributed by atoms with E-state index in [0.717, 1.165) is 12.8 Å². The molecular weight excluding hydrogens is 288 g/mol. The molecule has 134 valence electrons. The Kier molecular flexibility index (Phi) is 16.8. The summed E-state index contributed by atoms with van der Waals surface area (Å²) in [5, 5.41) is 9.86. The minimum atomic E-state index is -0.339. The Morgan fingerprint density at radius 1 is 0.739 bits per heavy atom. The summed E-state index contributed by atoms with van der Waals surface area (Å²) >= 11 is 0. The number of rotatable bonds is 15. The number of allylic oxidation sites excluding steroid dienone is 4. The number of ether oxygens (including phenoxy) is 2. The van der Waals surface area contributed by atoms with Crippen molar-refractivity contribution in [3.05, 3.63) is 36.5 Å². The maximum absolute atomic E-state index is 9.86. The van der Waals surface area contributed by atoms with E-state index in [1.165, 1.54) is 32.1 Å². The molecule has 3 nitrogen and oxygen atoms in total. The molecule has 0 heterocycles. The van der Waals surface area contributed by atoms with Crippen molar-refractivity contribution < 1.29 is 14.6 Å². The van der Waals surface area contributed by atoms with Gasteiger partial charge in [0.25, 0.3) is 0 Å². The van der Waals surface area contributed by atoms with Gasteiger partial charge in [0.05, 0.1) is 6.10 Å². The van der Waals surface area contributed by atoms with Crippen LogP contribution < -0.4 is 0 Å². The SMILES string of the molecule is CCCCCCCCC(O)/C=C/C=C/C=C\C(OCC)OCC. The predicted molar refractivity (Wildman–Crippen MR) is 98.5 cm³/mol. The standard InChI is InChI=1S/C20H36O3/c1-4-7-8-9-10-13-16-19(21)17-14-11-12-15-18-20(22-5-2)23-6-3/h11-12,14-15,17-21H,4-10,13,16H2,1-3H3/b12-11+,17-14+,18-15-. The average molecular weight is 325 g/mol. The molecule has 0 spiro atoms. The molecule has 0 aliphatic heterocycles. The van der Waals surface area contributed by atoms with Gasteiger partial charge >= 0.3 is 0 Å². The van der Waals surface area contributed by atoms with Crippen LogP contribution in [0.1, 0.15) is 65.7 Å². The lowest BCUT2D eigenvalue weighted by Gasteiger charge is -2.11. The van der Waals surface area contributed by atoms with Crippen molar-refractivity contribution in [2.24, 2.45) is 0 Å². The Morgan fingerprint density at radius 3 is 1.91 bits per heavy atom. The molecule has 3 heteroatoms. The normalized spacial score (nSPS) is 14.0. The molecule has 0 amide bonds. The van der Waals surface area contributed by atoms with Crippen LogP contribution in [0.5, 0.6) is 0 Å². The third kappa shape index (κ3) is 15.8. The molecule has 0 aliphatic carbocycles. The first-order valence-corrected chi connectivity index (χ1v) is 9.17. The van der Waals surface area contributed by atoms with Gasteiger partial charge in [0.1, 0.15) is 0 Å². The molecule has 0 aromatic heterocycles. The zero-order valence-corrected chi connectivity index (χ0v) is 15.2. The third-order valence-electron chi connectivity index (χ3n) is 3.45. The summed E-state index contributed by atoms with van der Waals surface area (Å²) < 4.78 is 10.8. The quantitative estimate of drug-likeness (QED) is 0.257. The van der Waals surface area contributed by atoms with Crippen LogP contribution in [0.2, 0.25) is 0 Å². The molecule has 0 rings (SSSR count). The van der Waals surface area contributed by atoms with E-state index >= 15 is 0 Å². The average Bonchev–Trinajstić information content (AvgIpc) is 2.54. The fraction of sp³-hybridized carbons (Fsp3) is 0.700. The monoisotopic (exact) mass is 324 g/mol. The fourth-order valence-corrected chi connectivity index (χ4v) is 2.19. The number of aliphatic hydroxyl groups excluding tert-OH is 1. The van der Waals surface area contributed by atoms with Crippen molar-refractivity contribution in [3.8, 4) is 0 Å². The van der Waals surface area contributed by atoms with Gasteiger partial charge < -0.3 is 14.6 Å². The second-order valence-corrected chi connectivity index (χ2v) is 5.56. The number of hydrogen-bond donors (Lipinski definition) is 1. The van der Waals surface area contributed by atoms with Crippen molar-refractivity contribution in [2.45, 2.75) is 78.1 Å². The lowest BCUT2D eigenvalue weighted by Crippen LogP contribution is -2.13. The van der Waals surface area contributed by atoms with Crippen molar-refractivity contribution in [3.63, 3.8) is 0 Å². The van der Waals surface area contributed by atoms with Crippen LogP contribution in [-0.4, -0.2) is 30.7 Å². The molecule has 1 unspecified atom stereocenters. The number of aliphatic hydroxyl groups is 1. The molecule has 0 aliphatic rings. The molecule has 0 aromatic rings. The minimum absolute atomic E-state index is 0.281. The number of hydrogen-bond acceptors (Lipinski definition) is 3. The van der Waals surface area contributed by atoms with Gasteiger partial charge in [-0.3, -0.25) is 0 Å². The van der Waals surface area contributed by atoms with Crippen LogP contribution in [0.4, 0.5) is 0 Å².